The van der Waals surface area contributed by atoms with E-state index in [0.29, 0.717) is 23.7 Å². The van der Waals surface area contributed by atoms with Crippen LogP contribution in [0.25, 0.3) is 0 Å². The number of aryl methyl sites for hydroxylation is 1. The normalized spacial score (nSPS) is 10.2. The highest BCUT2D eigenvalue weighted by molar-refractivity contribution is 5.94. The highest BCUT2D eigenvalue weighted by Crippen LogP contribution is 2.31. The van der Waals surface area contributed by atoms with Crippen molar-refractivity contribution in [1.29, 1.82) is 0 Å². The summed E-state index contributed by atoms with van der Waals surface area (Å²) >= 11 is 0. The number of methoxy groups -OCH3 is 2. The number of benzene rings is 2. The number of rotatable bonds is 9. The van der Waals surface area contributed by atoms with Crippen LogP contribution in [-0.2, 0) is 17.8 Å². The van der Waals surface area contributed by atoms with Crippen molar-refractivity contribution < 1.29 is 19.0 Å². The summed E-state index contributed by atoms with van der Waals surface area (Å²) in [7, 11) is 2.91. The Morgan fingerprint density at radius 1 is 1.16 bits per heavy atom. The lowest BCUT2D eigenvalue weighted by Gasteiger charge is -2.15. The SMILES string of the molecule is C=CCCCc1cc(OCc2ccccc2)cc(OC)c1C(=O)OC. The van der Waals surface area contributed by atoms with Crippen LogP contribution in [0.3, 0.4) is 0 Å². The molecule has 132 valence electrons. The first kappa shape index (κ1) is 18.6. The van der Waals surface area contributed by atoms with E-state index in [4.69, 9.17) is 14.2 Å². The maximum absolute atomic E-state index is 12.2. The smallest absolute Gasteiger partial charge is 0.341 e. The molecule has 25 heavy (non-hydrogen) atoms. The van der Waals surface area contributed by atoms with E-state index in [1.165, 1.54) is 14.2 Å². The fraction of sp³-hybridized carbons (Fsp3) is 0.286. The Morgan fingerprint density at radius 2 is 1.92 bits per heavy atom. The molecule has 0 atom stereocenters. The second-order valence-electron chi connectivity index (χ2n) is 5.61. The highest BCUT2D eigenvalue weighted by Gasteiger charge is 2.19. The molecular formula is C21H24O4. The summed E-state index contributed by atoms with van der Waals surface area (Å²) in [6.45, 7) is 4.19. The molecule has 0 unspecified atom stereocenters. The molecule has 2 aromatic rings. The zero-order chi connectivity index (χ0) is 18.1. The van der Waals surface area contributed by atoms with Gasteiger partial charge in [-0.3, -0.25) is 0 Å². The van der Waals surface area contributed by atoms with Gasteiger partial charge in [0.15, 0.2) is 0 Å². The summed E-state index contributed by atoms with van der Waals surface area (Å²) in [6.07, 6.45) is 4.34. The van der Waals surface area contributed by atoms with Gasteiger partial charge < -0.3 is 14.2 Å². The Hall–Kier alpha value is -2.75. The number of unbranched alkanes of at least 4 members (excludes halogenated alkanes) is 1. The Bertz CT molecular complexity index is 707. The minimum atomic E-state index is -0.403. The highest BCUT2D eigenvalue weighted by atomic mass is 16.5. The molecule has 0 saturated heterocycles. The van der Waals surface area contributed by atoms with Crippen LogP contribution in [-0.4, -0.2) is 20.2 Å². The van der Waals surface area contributed by atoms with Crippen LogP contribution in [0.1, 0.15) is 34.3 Å². The zero-order valence-electron chi connectivity index (χ0n) is 14.8. The lowest BCUT2D eigenvalue weighted by Crippen LogP contribution is -2.09. The zero-order valence-corrected chi connectivity index (χ0v) is 14.8. The second kappa shape index (κ2) is 9.52. The topological polar surface area (TPSA) is 44.8 Å². The van der Waals surface area contributed by atoms with Crippen LogP contribution in [0, 0.1) is 0 Å². The third-order valence-electron chi connectivity index (χ3n) is 3.87. The molecule has 0 spiro atoms. The van der Waals surface area contributed by atoms with Crippen LogP contribution in [0.5, 0.6) is 11.5 Å². The largest absolute Gasteiger partial charge is 0.496 e. The number of ether oxygens (including phenoxy) is 3. The van der Waals surface area contributed by atoms with Crippen molar-refractivity contribution in [3.63, 3.8) is 0 Å². The third kappa shape index (κ3) is 5.11. The predicted molar refractivity (Wildman–Crippen MR) is 98.2 cm³/mol. The predicted octanol–water partition coefficient (Wildman–Crippen LogP) is 4.57. The molecule has 0 aromatic heterocycles. The first-order chi connectivity index (χ1) is 12.2. The van der Waals surface area contributed by atoms with E-state index in [1.807, 2.05) is 42.5 Å². The van der Waals surface area contributed by atoms with Crippen LogP contribution in [0.15, 0.2) is 55.1 Å². The van der Waals surface area contributed by atoms with Gasteiger partial charge in [-0.15, -0.1) is 6.58 Å². The molecule has 4 heteroatoms. The van der Waals surface area contributed by atoms with Crippen LogP contribution in [0.2, 0.25) is 0 Å². The van der Waals surface area contributed by atoms with Gasteiger partial charge in [0, 0.05) is 6.07 Å². The molecule has 2 aromatic carbocycles. The van der Waals surface area contributed by atoms with Gasteiger partial charge in [-0.25, -0.2) is 4.79 Å². The number of hydrogen-bond donors (Lipinski definition) is 0. The molecule has 0 aliphatic carbocycles. The molecule has 0 bridgehead atoms. The monoisotopic (exact) mass is 340 g/mol. The molecule has 0 aliphatic rings. The minimum Gasteiger partial charge on any atom is -0.496 e. The fourth-order valence-electron chi connectivity index (χ4n) is 2.60. The molecule has 0 aliphatic heterocycles. The van der Waals surface area contributed by atoms with Gasteiger partial charge in [0.2, 0.25) is 0 Å². The molecule has 0 amide bonds. The van der Waals surface area contributed by atoms with Crippen LogP contribution >= 0.6 is 0 Å². The average molecular weight is 340 g/mol. The Morgan fingerprint density at radius 3 is 2.56 bits per heavy atom. The van der Waals surface area contributed by atoms with Crippen LogP contribution < -0.4 is 9.47 Å². The molecular weight excluding hydrogens is 316 g/mol. The second-order valence-corrected chi connectivity index (χ2v) is 5.61. The average Bonchev–Trinajstić information content (AvgIpc) is 2.66. The first-order valence-corrected chi connectivity index (χ1v) is 8.26. The maximum Gasteiger partial charge on any atom is 0.341 e. The molecule has 0 saturated carbocycles. The summed E-state index contributed by atoms with van der Waals surface area (Å²) in [5.41, 5.74) is 2.39. The van der Waals surface area contributed by atoms with Crippen molar-refractivity contribution in [2.45, 2.75) is 25.9 Å². The minimum absolute atomic E-state index is 0.403. The summed E-state index contributed by atoms with van der Waals surface area (Å²) in [6, 6.07) is 13.5. The number of carbonyl (C=O) groups is 1. The van der Waals surface area contributed by atoms with Crippen molar-refractivity contribution in [2.24, 2.45) is 0 Å². The first-order valence-electron chi connectivity index (χ1n) is 8.26. The Kier molecular flexibility index (Phi) is 7.08. The van der Waals surface area contributed by atoms with Crippen molar-refractivity contribution in [1.82, 2.24) is 0 Å². The number of carbonyl (C=O) groups excluding carboxylic acids is 1. The fourth-order valence-corrected chi connectivity index (χ4v) is 2.60. The van der Waals surface area contributed by atoms with Crippen LogP contribution in [0.4, 0.5) is 0 Å². The van der Waals surface area contributed by atoms with E-state index < -0.39 is 5.97 Å². The van der Waals surface area contributed by atoms with Gasteiger partial charge in [0.1, 0.15) is 23.7 Å². The maximum atomic E-state index is 12.2. The summed E-state index contributed by atoms with van der Waals surface area (Å²) in [5, 5.41) is 0. The van der Waals surface area contributed by atoms with Gasteiger partial charge >= 0.3 is 5.97 Å². The van der Waals surface area contributed by atoms with Gasteiger partial charge in [0.25, 0.3) is 0 Å². The van der Waals surface area contributed by atoms with Crippen molar-refractivity contribution in [3.05, 3.63) is 71.8 Å². The molecule has 2 rings (SSSR count). The van der Waals surface area contributed by atoms with E-state index in [9.17, 15) is 4.79 Å². The molecule has 0 radical (unpaired) electrons. The summed E-state index contributed by atoms with van der Waals surface area (Å²) < 4.78 is 16.2. The van der Waals surface area contributed by atoms with Gasteiger partial charge in [-0.2, -0.15) is 0 Å². The summed E-state index contributed by atoms with van der Waals surface area (Å²) in [4.78, 5) is 12.2. The molecule has 0 fully saturated rings. The lowest BCUT2D eigenvalue weighted by atomic mass is 10.00. The number of hydrogen-bond acceptors (Lipinski definition) is 4. The number of esters is 1. The number of allylic oxidation sites excluding steroid dienone is 1. The molecule has 0 N–H and O–H groups in total. The third-order valence-corrected chi connectivity index (χ3v) is 3.87. The van der Waals surface area contributed by atoms with E-state index in [-0.39, 0.29) is 0 Å². The molecule has 0 heterocycles. The van der Waals surface area contributed by atoms with Crippen molar-refractivity contribution in [3.8, 4) is 11.5 Å². The summed E-state index contributed by atoms with van der Waals surface area (Å²) in [5.74, 6) is 0.730. The Balaban J connectivity index is 2.28. The van der Waals surface area contributed by atoms with Gasteiger partial charge in [-0.05, 0) is 36.5 Å². The quantitative estimate of drug-likeness (QED) is 0.381. The van der Waals surface area contributed by atoms with Crippen molar-refractivity contribution in [2.75, 3.05) is 14.2 Å². The standard InChI is InChI=1S/C21H24O4/c1-4-5-7-12-17-13-18(25-15-16-10-8-6-9-11-16)14-19(23-2)20(17)21(22)24-3/h4,6,8-11,13-14H,1,5,7,12,15H2,2-3H3. The Labute approximate surface area is 149 Å². The van der Waals surface area contributed by atoms with E-state index >= 15 is 0 Å². The van der Waals surface area contributed by atoms with Crippen molar-refractivity contribution >= 4 is 5.97 Å². The lowest BCUT2D eigenvalue weighted by molar-refractivity contribution is 0.0595. The van der Waals surface area contributed by atoms with E-state index in [2.05, 4.69) is 6.58 Å². The van der Waals surface area contributed by atoms with Gasteiger partial charge in [-0.1, -0.05) is 36.4 Å². The van der Waals surface area contributed by atoms with E-state index in [1.54, 1.807) is 6.07 Å². The molecule has 4 nitrogen and oxygen atoms in total. The van der Waals surface area contributed by atoms with Gasteiger partial charge in [0.05, 0.1) is 14.2 Å². The van der Waals surface area contributed by atoms with E-state index in [0.717, 1.165) is 30.4 Å².